The Morgan fingerprint density at radius 1 is 1.50 bits per heavy atom. The summed E-state index contributed by atoms with van der Waals surface area (Å²) in [6, 6.07) is 0. The van der Waals surface area contributed by atoms with Crippen molar-refractivity contribution in [3.05, 3.63) is 12.2 Å². The number of aliphatic carboxylic acids is 1. The van der Waals surface area contributed by atoms with Crippen molar-refractivity contribution < 1.29 is 9.90 Å². The van der Waals surface area contributed by atoms with Crippen LogP contribution in [0.15, 0.2) is 12.2 Å². The van der Waals surface area contributed by atoms with Crippen molar-refractivity contribution in [3.63, 3.8) is 0 Å². The normalized spacial score (nSPS) is 13.0. The first-order valence-corrected chi connectivity index (χ1v) is 4.40. The molecule has 1 atom stereocenters. The highest BCUT2D eigenvalue weighted by atomic mass is 16.4. The first-order valence-electron chi connectivity index (χ1n) is 4.40. The van der Waals surface area contributed by atoms with E-state index in [0.717, 1.165) is 6.42 Å². The fourth-order valence-corrected chi connectivity index (χ4v) is 1.26. The van der Waals surface area contributed by atoms with Gasteiger partial charge in [-0.2, -0.15) is 0 Å². The number of rotatable bonds is 5. The molecule has 0 fully saturated rings. The van der Waals surface area contributed by atoms with Gasteiger partial charge in [0.15, 0.2) is 0 Å². The quantitative estimate of drug-likeness (QED) is 0.644. The van der Waals surface area contributed by atoms with Crippen LogP contribution in [0, 0.1) is 11.8 Å². The molecule has 1 unspecified atom stereocenters. The predicted molar refractivity (Wildman–Crippen MR) is 50.0 cm³/mol. The lowest BCUT2D eigenvalue weighted by Gasteiger charge is -2.18. The van der Waals surface area contributed by atoms with Crippen molar-refractivity contribution in [1.29, 1.82) is 0 Å². The molecular weight excluding hydrogens is 152 g/mol. The number of hydrogen-bond acceptors (Lipinski definition) is 1. The van der Waals surface area contributed by atoms with Crippen molar-refractivity contribution in [1.82, 2.24) is 0 Å². The number of carboxylic acid groups (broad SMARTS) is 1. The van der Waals surface area contributed by atoms with Crippen molar-refractivity contribution in [2.45, 2.75) is 33.6 Å². The second-order valence-corrected chi connectivity index (χ2v) is 3.53. The van der Waals surface area contributed by atoms with E-state index in [1.807, 2.05) is 0 Å². The number of hydrogen-bond donors (Lipinski definition) is 1. The molecule has 1 N–H and O–H groups in total. The van der Waals surface area contributed by atoms with E-state index in [2.05, 4.69) is 27.4 Å². The van der Waals surface area contributed by atoms with Crippen LogP contribution in [0.5, 0.6) is 0 Å². The van der Waals surface area contributed by atoms with Gasteiger partial charge < -0.3 is 5.11 Å². The Kier molecular flexibility index (Phi) is 4.64. The zero-order chi connectivity index (χ0) is 9.72. The molecule has 0 aromatic heterocycles. The van der Waals surface area contributed by atoms with E-state index in [4.69, 9.17) is 5.11 Å². The summed E-state index contributed by atoms with van der Waals surface area (Å²) >= 11 is 0. The summed E-state index contributed by atoms with van der Waals surface area (Å²) in [6.07, 6.45) is 1.63. The first kappa shape index (κ1) is 11.2. The molecular formula is C10H18O2. The summed E-state index contributed by atoms with van der Waals surface area (Å²) in [5, 5.41) is 8.61. The van der Waals surface area contributed by atoms with E-state index in [-0.39, 0.29) is 0 Å². The van der Waals surface area contributed by atoms with Crippen LogP contribution in [0.2, 0.25) is 0 Å². The molecule has 0 heterocycles. The van der Waals surface area contributed by atoms with Crippen LogP contribution >= 0.6 is 0 Å². The third-order valence-corrected chi connectivity index (χ3v) is 2.28. The zero-order valence-corrected chi connectivity index (χ0v) is 8.13. The van der Waals surface area contributed by atoms with E-state index >= 15 is 0 Å². The Bertz CT molecular complexity index is 171. The average molecular weight is 170 g/mol. The average Bonchev–Trinajstić information content (AvgIpc) is 1.98. The lowest BCUT2D eigenvalue weighted by Crippen LogP contribution is -2.11. The third kappa shape index (κ3) is 3.56. The second kappa shape index (κ2) is 4.96. The topological polar surface area (TPSA) is 37.3 Å². The van der Waals surface area contributed by atoms with E-state index in [0.29, 0.717) is 23.8 Å². The van der Waals surface area contributed by atoms with E-state index in [1.54, 1.807) is 0 Å². The van der Waals surface area contributed by atoms with Gasteiger partial charge in [-0.1, -0.05) is 33.8 Å². The highest BCUT2D eigenvalue weighted by molar-refractivity contribution is 5.85. The van der Waals surface area contributed by atoms with Gasteiger partial charge in [-0.3, -0.25) is 0 Å². The smallest absolute Gasteiger partial charge is 0.330 e. The summed E-state index contributed by atoms with van der Waals surface area (Å²) in [5.41, 5.74) is 0.329. The molecule has 70 valence electrons. The van der Waals surface area contributed by atoms with Gasteiger partial charge in [-0.05, 0) is 18.3 Å². The predicted octanol–water partition coefficient (Wildman–Crippen LogP) is 2.70. The summed E-state index contributed by atoms with van der Waals surface area (Å²) in [5.74, 6) is 0.119. The van der Waals surface area contributed by atoms with Gasteiger partial charge in [0, 0.05) is 5.57 Å². The van der Waals surface area contributed by atoms with Crippen LogP contribution in [-0.4, -0.2) is 11.1 Å². The third-order valence-electron chi connectivity index (χ3n) is 2.28. The Hall–Kier alpha value is -0.790. The van der Waals surface area contributed by atoms with Crippen molar-refractivity contribution >= 4 is 5.97 Å². The molecule has 0 bridgehead atoms. The summed E-state index contributed by atoms with van der Waals surface area (Å²) in [4.78, 5) is 10.5. The first-order chi connectivity index (χ1) is 5.49. The monoisotopic (exact) mass is 170 g/mol. The van der Waals surface area contributed by atoms with E-state index in [1.165, 1.54) is 0 Å². The van der Waals surface area contributed by atoms with Crippen LogP contribution in [-0.2, 0) is 4.79 Å². The molecule has 2 heteroatoms. The Labute approximate surface area is 74.3 Å². The molecule has 0 saturated carbocycles. The summed E-state index contributed by atoms with van der Waals surface area (Å²) < 4.78 is 0. The largest absolute Gasteiger partial charge is 0.478 e. The standard InChI is InChI=1S/C10H18O2/c1-5-9(7(2)3)6-8(4)10(11)12/h7,9H,4-6H2,1-3H3,(H,11,12). The molecule has 0 aliphatic heterocycles. The van der Waals surface area contributed by atoms with E-state index in [9.17, 15) is 4.79 Å². The molecule has 0 aromatic rings. The van der Waals surface area contributed by atoms with Crippen LogP contribution < -0.4 is 0 Å². The maximum atomic E-state index is 10.5. The minimum Gasteiger partial charge on any atom is -0.478 e. The highest BCUT2D eigenvalue weighted by Crippen LogP contribution is 2.22. The molecule has 0 aromatic carbocycles. The Balaban J connectivity index is 4.03. The molecule has 0 radical (unpaired) electrons. The lowest BCUT2D eigenvalue weighted by atomic mass is 9.87. The molecule has 0 spiro atoms. The summed E-state index contributed by atoms with van der Waals surface area (Å²) in [6.45, 7) is 9.84. The number of carbonyl (C=O) groups is 1. The van der Waals surface area contributed by atoms with Gasteiger partial charge in [0.25, 0.3) is 0 Å². The minimum absolute atomic E-state index is 0.329. The minimum atomic E-state index is -0.867. The number of carboxylic acids is 1. The van der Waals surface area contributed by atoms with Crippen LogP contribution in [0.1, 0.15) is 33.6 Å². The van der Waals surface area contributed by atoms with E-state index < -0.39 is 5.97 Å². The SMILES string of the molecule is C=C(CC(CC)C(C)C)C(=O)O. The van der Waals surface area contributed by atoms with Crippen molar-refractivity contribution in [2.24, 2.45) is 11.8 Å². The molecule has 0 saturated heterocycles. The maximum Gasteiger partial charge on any atom is 0.330 e. The molecule has 0 aliphatic rings. The van der Waals surface area contributed by atoms with Crippen LogP contribution in [0.3, 0.4) is 0 Å². The zero-order valence-electron chi connectivity index (χ0n) is 8.13. The van der Waals surface area contributed by atoms with Gasteiger partial charge in [-0.15, -0.1) is 0 Å². The van der Waals surface area contributed by atoms with Crippen molar-refractivity contribution in [3.8, 4) is 0 Å². The van der Waals surface area contributed by atoms with Crippen molar-refractivity contribution in [2.75, 3.05) is 0 Å². The second-order valence-electron chi connectivity index (χ2n) is 3.53. The van der Waals surface area contributed by atoms with Gasteiger partial charge in [0.05, 0.1) is 0 Å². The van der Waals surface area contributed by atoms with Gasteiger partial charge in [0.2, 0.25) is 0 Å². The van der Waals surface area contributed by atoms with Gasteiger partial charge in [-0.25, -0.2) is 4.79 Å². The fourth-order valence-electron chi connectivity index (χ4n) is 1.26. The van der Waals surface area contributed by atoms with Crippen LogP contribution in [0.25, 0.3) is 0 Å². The molecule has 0 amide bonds. The fraction of sp³-hybridized carbons (Fsp3) is 0.700. The molecule has 0 rings (SSSR count). The summed E-state index contributed by atoms with van der Waals surface area (Å²) in [7, 11) is 0. The molecule has 0 aliphatic carbocycles. The Morgan fingerprint density at radius 3 is 2.25 bits per heavy atom. The maximum absolute atomic E-state index is 10.5. The van der Waals surface area contributed by atoms with Gasteiger partial charge >= 0.3 is 5.97 Å². The molecule has 12 heavy (non-hydrogen) atoms. The molecule has 2 nitrogen and oxygen atoms in total. The lowest BCUT2D eigenvalue weighted by molar-refractivity contribution is -0.132. The Morgan fingerprint density at radius 2 is 2.00 bits per heavy atom. The highest BCUT2D eigenvalue weighted by Gasteiger charge is 2.15. The van der Waals surface area contributed by atoms with Gasteiger partial charge in [0.1, 0.15) is 0 Å². The van der Waals surface area contributed by atoms with Crippen LogP contribution in [0.4, 0.5) is 0 Å².